The largest absolute Gasteiger partial charge is 0.465 e. The number of benzene rings is 2. The van der Waals surface area contributed by atoms with E-state index >= 15 is 0 Å². The Bertz CT molecular complexity index is 748. The van der Waals surface area contributed by atoms with Crippen molar-refractivity contribution < 1.29 is 14.3 Å². The second kappa shape index (κ2) is 7.30. The van der Waals surface area contributed by atoms with Gasteiger partial charge < -0.3 is 9.64 Å². The van der Waals surface area contributed by atoms with E-state index in [9.17, 15) is 9.59 Å². The molecule has 0 atom stereocenters. The first kappa shape index (κ1) is 17.7. The van der Waals surface area contributed by atoms with Crippen LogP contribution in [0, 0.1) is 12.8 Å². The van der Waals surface area contributed by atoms with Crippen molar-refractivity contribution in [3.05, 3.63) is 53.6 Å². The van der Waals surface area contributed by atoms with E-state index in [4.69, 9.17) is 4.74 Å². The van der Waals surface area contributed by atoms with E-state index in [1.54, 1.807) is 24.1 Å². The first-order valence-corrected chi connectivity index (χ1v) is 7.91. The molecular weight excluding hydrogens is 302 g/mol. The number of ether oxygens (including phenoxy) is 1. The standard InChI is InChI=1S/C20H23NO3/c1-13(2)19(22)21(4)18-11-16(10-17(12-18)20(23)24-5)15-8-6-14(3)7-9-15/h6-13H,1-5H3. The maximum absolute atomic E-state index is 12.3. The third-order valence-corrected chi connectivity index (χ3v) is 3.94. The van der Waals surface area contributed by atoms with Crippen LogP contribution in [0.5, 0.6) is 0 Å². The molecule has 4 nitrogen and oxygen atoms in total. The summed E-state index contributed by atoms with van der Waals surface area (Å²) in [5.74, 6) is -0.554. The molecule has 0 aliphatic heterocycles. The Morgan fingerprint density at radius 2 is 1.62 bits per heavy atom. The molecule has 0 saturated carbocycles. The monoisotopic (exact) mass is 325 g/mol. The summed E-state index contributed by atoms with van der Waals surface area (Å²) in [4.78, 5) is 25.9. The molecule has 0 radical (unpaired) electrons. The van der Waals surface area contributed by atoms with E-state index in [0.717, 1.165) is 16.7 Å². The van der Waals surface area contributed by atoms with Gasteiger partial charge in [0.2, 0.25) is 5.91 Å². The fourth-order valence-corrected chi connectivity index (χ4v) is 2.47. The molecule has 24 heavy (non-hydrogen) atoms. The molecule has 0 aliphatic carbocycles. The van der Waals surface area contributed by atoms with Crippen LogP contribution < -0.4 is 4.90 Å². The molecule has 4 heteroatoms. The lowest BCUT2D eigenvalue weighted by Gasteiger charge is -2.21. The summed E-state index contributed by atoms with van der Waals surface area (Å²) in [6.07, 6.45) is 0. The maximum Gasteiger partial charge on any atom is 0.337 e. The average molecular weight is 325 g/mol. The van der Waals surface area contributed by atoms with Crippen LogP contribution >= 0.6 is 0 Å². The Kier molecular flexibility index (Phi) is 5.39. The lowest BCUT2D eigenvalue weighted by Crippen LogP contribution is -2.30. The van der Waals surface area contributed by atoms with E-state index in [1.807, 2.05) is 51.1 Å². The number of nitrogens with zero attached hydrogens (tertiary/aromatic N) is 1. The van der Waals surface area contributed by atoms with Crippen molar-refractivity contribution in [3.63, 3.8) is 0 Å². The van der Waals surface area contributed by atoms with Crippen LogP contribution in [0.3, 0.4) is 0 Å². The van der Waals surface area contributed by atoms with E-state index < -0.39 is 5.97 Å². The van der Waals surface area contributed by atoms with Crippen LogP contribution in [0.1, 0.15) is 29.8 Å². The second-order valence-electron chi connectivity index (χ2n) is 6.18. The fourth-order valence-electron chi connectivity index (χ4n) is 2.47. The molecule has 0 unspecified atom stereocenters. The van der Waals surface area contributed by atoms with Gasteiger partial charge in [0.25, 0.3) is 0 Å². The highest BCUT2D eigenvalue weighted by molar-refractivity contribution is 5.98. The Balaban J connectivity index is 2.55. The SMILES string of the molecule is COC(=O)c1cc(-c2ccc(C)cc2)cc(N(C)C(=O)C(C)C)c1. The highest BCUT2D eigenvalue weighted by Crippen LogP contribution is 2.28. The Hall–Kier alpha value is -2.62. The number of carbonyl (C=O) groups excluding carboxylic acids is 2. The van der Waals surface area contributed by atoms with Crippen molar-refractivity contribution in [2.24, 2.45) is 5.92 Å². The van der Waals surface area contributed by atoms with E-state index in [1.165, 1.54) is 7.11 Å². The smallest absolute Gasteiger partial charge is 0.337 e. The fraction of sp³-hybridized carbons (Fsp3) is 0.300. The van der Waals surface area contributed by atoms with E-state index in [0.29, 0.717) is 11.3 Å². The van der Waals surface area contributed by atoms with Gasteiger partial charge in [-0.15, -0.1) is 0 Å². The summed E-state index contributed by atoms with van der Waals surface area (Å²) >= 11 is 0. The molecule has 126 valence electrons. The van der Waals surface area contributed by atoms with Crippen molar-refractivity contribution >= 4 is 17.6 Å². The molecule has 0 heterocycles. The Morgan fingerprint density at radius 3 is 2.17 bits per heavy atom. The number of carbonyl (C=O) groups is 2. The third-order valence-electron chi connectivity index (χ3n) is 3.94. The molecule has 0 bridgehead atoms. The van der Waals surface area contributed by atoms with Gasteiger partial charge in [-0.25, -0.2) is 4.79 Å². The lowest BCUT2D eigenvalue weighted by molar-refractivity contribution is -0.121. The van der Waals surface area contributed by atoms with Crippen LogP contribution in [0.25, 0.3) is 11.1 Å². The zero-order valence-electron chi connectivity index (χ0n) is 14.8. The lowest BCUT2D eigenvalue weighted by atomic mass is 10.0. The number of esters is 1. The molecule has 2 aromatic rings. The topological polar surface area (TPSA) is 46.6 Å². The Labute approximate surface area is 143 Å². The minimum absolute atomic E-state index is 0.00753. The van der Waals surface area contributed by atoms with Gasteiger partial charge in [0.05, 0.1) is 12.7 Å². The second-order valence-corrected chi connectivity index (χ2v) is 6.18. The molecule has 0 saturated heterocycles. The molecule has 0 fully saturated rings. The molecule has 2 rings (SSSR count). The summed E-state index contributed by atoms with van der Waals surface area (Å²) in [6.45, 7) is 5.73. The number of anilines is 1. The maximum atomic E-state index is 12.3. The predicted molar refractivity (Wildman–Crippen MR) is 96.2 cm³/mol. The zero-order chi connectivity index (χ0) is 17.9. The van der Waals surface area contributed by atoms with Crippen molar-refractivity contribution in [1.29, 1.82) is 0 Å². The van der Waals surface area contributed by atoms with Crippen LogP contribution in [0.2, 0.25) is 0 Å². The van der Waals surface area contributed by atoms with Crippen LogP contribution in [0.15, 0.2) is 42.5 Å². The van der Waals surface area contributed by atoms with Crippen molar-refractivity contribution in [1.82, 2.24) is 0 Å². The first-order chi connectivity index (χ1) is 11.3. The number of rotatable bonds is 4. The van der Waals surface area contributed by atoms with Crippen molar-refractivity contribution in [2.75, 3.05) is 19.1 Å². The van der Waals surface area contributed by atoms with Crippen LogP contribution in [-0.2, 0) is 9.53 Å². The molecule has 0 N–H and O–H groups in total. The van der Waals surface area contributed by atoms with Gasteiger partial charge in [-0.1, -0.05) is 43.7 Å². The third kappa shape index (κ3) is 3.82. The summed E-state index contributed by atoms with van der Waals surface area (Å²) in [5, 5.41) is 0. The van der Waals surface area contributed by atoms with Crippen LogP contribution in [0.4, 0.5) is 5.69 Å². The minimum atomic E-state index is -0.421. The van der Waals surface area contributed by atoms with Crippen LogP contribution in [-0.4, -0.2) is 26.0 Å². The predicted octanol–water partition coefficient (Wildman–Crippen LogP) is 4.07. The molecule has 0 aliphatic rings. The summed E-state index contributed by atoms with van der Waals surface area (Å²) in [6, 6.07) is 13.4. The van der Waals surface area contributed by atoms with Crippen molar-refractivity contribution in [3.8, 4) is 11.1 Å². The number of methoxy groups -OCH3 is 1. The van der Waals surface area contributed by atoms with E-state index in [-0.39, 0.29) is 11.8 Å². The van der Waals surface area contributed by atoms with Gasteiger partial charge in [-0.05, 0) is 36.2 Å². The van der Waals surface area contributed by atoms with Crippen molar-refractivity contribution in [2.45, 2.75) is 20.8 Å². The van der Waals surface area contributed by atoms with E-state index in [2.05, 4.69) is 0 Å². The number of amides is 1. The van der Waals surface area contributed by atoms with Gasteiger partial charge in [0, 0.05) is 18.7 Å². The molecule has 0 aromatic heterocycles. The van der Waals surface area contributed by atoms with Gasteiger partial charge in [0.15, 0.2) is 0 Å². The number of hydrogen-bond donors (Lipinski definition) is 0. The summed E-state index contributed by atoms with van der Waals surface area (Å²) in [7, 11) is 3.07. The zero-order valence-corrected chi connectivity index (χ0v) is 14.8. The highest BCUT2D eigenvalue weighted by atomic mass is 16.5. The Morgan fingerprint density at radius 1 is 1.00 bits per heavy atom. The average Bonchev–Trinajstić information content (AvgIpc) is 2.59. The number of hydrogen-bond acceptors (Lipinski definition) is 3. The minimum Gasteiger partial charge on any atom is -0.465 e. The van der Waals surface area contributed by atoms with Gasteiger partial charge in [-0.3, -0.25) is 4.79 Å². The quantitative estimate of drug-likeness (QED) is 0.796. The summed E-state index contributed by atoms with van der Waals surface area (Å²) < 4.78 is 4.85. The highest BCUT2D eigenvalue weighted by Gasteiger charge is 2.18. The van der Waals surface area contributed by atoms with Gasteiger partial charge in [-0.2, -0.15) is 0 Å². The normalized spacial score (nSPS) is 10.6. The molecule has 1 amide bonds. The van der Waals surface area contributed by atoms with Gasteiger partial charge in [0.1, 0.15) is 0 Å². The van der Waals surface area contributed by atoms with Gasteiger partial charge >= 0.3 is 5.97 Å². The molecule has 2 aromatic carbocycles. The summed E-state index contributed by atoms with van der Waals surface area (Å²) in [5.41, 5.74) is 4.12. The molecule has 0 spiro atoms. The number of aryl methyl sites for hydroxylation is 1. The first-order valence-electron chi connectivity index (χ1n) is 7.91. The molecular formula is C20H23NO3.